The van der Waals surface area contributed by atoms with Crippen molar-refractivity contribution in [3.8, 4) is 11.6 Å². The maximum absolute atomic E-state index is 6.00. The highest BCUT2D eigenvalue weighted by molar-refractivity contribution is 5.86. The zero-order valence-electron chi connectivity index (χ0n) is 13.8. The first-order chi connectivity index (χ1) is 12.3. The van der Waals surface area contributed by atoms with Crippen LogP contribution in [-0.2, 0) is 13.6 Å². The van der Waals surface area contributed by atoms with Gasteiger partial charge in [0.15, 0.2) is 5.75 Å². The molecule has 0 atom stereocenters. The van der Waals surface area contributed by atoms with E-state index in [9.17, 15) is 0 Å². The van der Waals surface area contributed by atoms with Gasteiger partial charge in [-0.05, 0) is 12.1 Å². The summed E-state index contributed by atoms with van der Waals surface area (Å²) in [6, 6.07) is 9.79. The maximum atomic E-state index is 6.00. The summed E-state index contributed by atoms with van der Waals surface area (Å²) in [7, 11) is 2.00. The highest BCUT2D eigenvalue weighted by atomic mass is 16.5. The van der Waals surface area contributed by atoms with Crippen molar-refractivity contribution in [1.82, 2.24) is 24.1 Å². The largest absolute Gasteiger partial charge is 0.437 e. The molecule has 0 saturated carbocycles. The average molecular weight is 334 g/mol. The van der Waals surface area contributed by atoms with Gasteiger partial charge in [-0.1, -0.05) is 12.1 Å². The maximum Gasteiger partial charge on any atom is 0.226 e. The second-order valence-corrected chi connectivity index (χ2v) is 5.67. The molecule has 4 aromatic rings. The van der Waals surface area contributed by atoms with Gasteiger partial charge in [-0.15, -0.1) is 0 Å². The third kappa shape index (κ3) is 3.30. The van der Waals surface area contributed by atoms with E-state index in [0.29, 0.717) is 18.4 Å². The molecule has 0 aliphatic carbocycles. The Morgan fingerprint density at radius 1 is 1.12 bits per heavy atom. The molecule has 1 aromatic carbocycles. The van der Waals surface area contributed by atoms with Crippen molar-refractivity contribution >= 4 is 16.9 Å². The number of hydrogen-bond donors (Lipinski definition) is 1. The highest BCUT2D eigenvalue weighted by Gasteiger charge is 2.08. The normalized spacial score (nSPS) is 10.9. The summed E-state index contributed by atoms with van der Waals surface area (Å²) in [5.41, 5.74) is 1.04. The summed E-state index contributed by atoms with van der Waals surface area (Å²) in [5.74, 6) is 1.82. The van der Waals surface area contributed by atoms with E-state index in [1.165, 1.54) is 0 Å². The van der Waals surface area contributed by atoms with Gasteiger partial charge < -0.3 is 19.2 Å². The van der Waals surface area contributed by atoms with Crippen molar-refractivity contribution < 1.29 is 4.74 Å². The van der Waals surface area contributed by atoms with Crippen molar-refractivity contribution in [3.05, 3.63) is 61.4 Å². The molecule has 0 aliphatic rings. The number of aromatic nitrogens is 5. The monoisotopic (exact) mass is 334 g/mol. The van der Waals surface area contributed by atoms with Gasteiger partial charge in [0.05, 0.1) is 11.8 Å². The van der Waals surface area contributed by atoms with E-state index in [1.54, 1.807) is 24.8 Å². The lowest BCUT2D eigenvalue weighted by molar-refractivity contribution is 0.465. The Bertz CT molecular complexity index is 976. The van der Waals surface area contributed by atoms with Crippen LogP contribution in [0, 0.1) is 0 Å². The number of fused-ring (bicyclic) bond motifs is 1. The van der Waals surface area contributed by atoms with Crippen LogP contribution < -0.4 is 10.1 Å². The molecular formula is C18H18N6O. The van der Waals surface area contributed by atoms with Crippen molar-refractivity contribution in [1.29, 1.82) is 0 Å². The van der Waals surface area contributed by atoms with Crippen LogP contribution in [0.15, 0.2) is 61.4 Å². The van der Waals surface area contributed by atoms with E-state index in [0.717, 1.165) is 23.2 Å². The fraction of sp³-hybridized carbons (Fsp3) is 0.167. The van der Waals surface area contributed by atoms with E-state index in [1.807, 2.05) is 40.7 Å². The second-order valence-electron chi connectivity index (χ2n) is 5.67. The fourth-order valence-corrected chi connectivity index (χ4v) is 2.71. The number of imidazole rings is 1. The van der Waals surface area contributed by atoms with Crippen molar-refractivity contribution in [3.63, 3.8) is 0 Å². The standard InChI is InChI=1S/C18H18N6O/c1-23-10-6-14-3-2-4-15(17(14)23)25-16-5-7-20-18(22-16)21-9-12-24-11-8-19-13-24/h2-8,10-11,13H,9,12H2,1H3,(H,20,21,22). The van der Waals surface area contributed by atoms with Gasteiger partial charge in [-0.2, -0.15) is 4.98 Å². The molecule has 1 N–H and O–H groups in total. The molecule has 3 heterocycles. The molecule has 0 unspecified atom stereocenters. The van der Waals surface area contributed by atoms with Gasteiger partial charge in [-0.3, -0.25) is 0 Å². The third-order valence-corrected chi connectivity index (χ3v) is 3.92. The number of hydrogen-bond acceptors (Lipinski definition) is 5. The zero-order valence-corrected chi connectivity index (χ0v) is 13.8. The van der Waals surface area contributed by atoms with Gasteiger partial charge >= 0.3 is 0 Å². The molecule has 25 heavy (non-hydrogen) atoms. The number of benzene rings is 1. The molecule has 0 spiro atoms. The smallest absolute Gasteiger partial charge is 0.226 e. The van der Waals surface area contributed by atoms with Crippen LogP contribution in [0.5, 0.6) is 11.6 Å². The van der Waals surface area contributed by atoms with Gasteiger partial charge in [0, 0.05) is 56.4 Å². The zero-order chi connectivity index (χ0) is 17.1. The number of anilines is 1. The molecule has 0 aliphatic heterocycles. The lowest BCUT2D eigenvalue weighted by atomic mass is 10.2. The van der Waals surface area contributed by atoms with E-state index < -0.39 is 0 Å². The Labute approximate surface area is 144 Å². The number of nitrogens with zero attached hydrogens (tertiary/aromatic N) is 5. The van der Waals surface area contributed by atoms with Gasteiger partial charge in [-0.25, -0.2) is 9.97 Å². The Morgan fingerprint density at radius 3 is 2.96 bits per heavy atom. The Morgan fingerprint density at radius 2 is 2.08 bits per heavy atom. The topological polar surface area (TPSA) is 69.8 Å². The van der Waals surface area contributed by atoms with Crippen LogP contribution in [0.2, 0.25) is 0 Å². The summed E-state index contributed by atoms with van der Waals surface area (Å²) >= 11 is 0. The predicted octanol–water partition coefficient (Wildman–Crippen LogP) is 3.07. The van der Waals surface area contributed by atoms with Crippen molar-refractivity contribution in [2.45, 2.75) is 6.54 Å². The second kappa shape index (κ2) is 6.64. The molecule has 7 nitrogen and oxygen atoms in total. The van der Waals surface area contributed by atoms with E-state index >= 15 is 0 Å². The first-order valence-electron chi connectivity index (χ1n) is 8.04. The minimum atomic E-state index is 0.508. The molecule has 4 rings (SSSR count). The SMILES string of the molecule is Cn1ccc2cccc(Oc3ccnc(NCCn4ccnc4)n3)c21. The highest BCUT2D eigenvalue weighted by Crippen LogP contribution is 2.29. The lowest BCUT2D eigenvalue weighted by Gasteiger charge is -2.10. The summed E-state index contributed by atoms with van der Waals surface area (Å²) in [6.07, 6.45) is 9.16. The van der Waals surface area contributed by atoms with Crippen LogP contribution in [-0.4, -0.2) is 30.6 Å². The number of nitrogens with one attached hydrogen (secondary N) is 1. The van der Waals surface area contributed by atoms with Crippen LogP contribution >= 0.6 is 0 Å². The molecule has 0 fully saturated rings. The summed E-state index contributed by atoms with van der Waals surface area (Å²) in [6.45, 7) is 1.49. The Kier molecular flexibility index (Phi) is 4.04. The van der Waals surface area contributed by atoms with E-state index in [4.69, 9.17) is 4.74 Å². The van der Waals surface area contributed by atoms with Crippen LogP contribution in [0.3, 0.4) is 0 Å². The molecular weight excluding hydrogens is 316 g/mol. The number of aryl methyl sites for hydroxylation is 1. The summed E-state index contributed by atoms with van der Waals surface area (Å²) in [5, 5.41) is 4.33. The Hall–Kier alpha value is -3.35. The van der Waals surface area contributed by atoms with Gasteiger partial charge in [0.25, 0.3) is 0 Å². The van der Waals surface area contributed by atoms with Crippen molar-refractivity contribution in [2.24, 2.45) is 7.05 Å². The lowest BCUT2D eigenvalue weighted by Crippen LogP contribution is -2.11. The number of rotatable bonds is 6. The third-order valence-electron chi connectivity index (χ3n) is 3.92. The number of ether oxygens (including phenoxy) is 1. The minimum absolute atomic E-state index is 0.508. The van der Waals surface area contributed by atoms with Gasteiger partial charge in [0.2, 0.25) is 11.8 Å². The molecule has 0 saturated heterocycles. The molecule has 0 bridgehead atoms. The van der Waals surface area contributed by atoms with Crippen LogP contribution in [0.25, 0.3) is 10.9 Å². The molecule has 0 amide bonds. The Balaban J connectivity index is 1.48. The number of para-hydroxylation sites is 1. The first-order valence-corrected chi connectivity index (χ1v) is 8.04. The predicted molar refractivity (Wildman–Crippen MR) is 95.7 cm³/mol. The molecule has 0 radical (unpaired) electrons. The fourth-order valence-electron chi connectivity index (χ4n) is 2.71. The first kappa shape index (κ1) is 15.2. The minimum Gasteiger partial charge on any atom is -0.437 e. The summed E-state index contributed by atoms with van der Waals surface area (Å²) < 4.78 is 10.0. The van der Waals surface area contributed by atoms with Crippen LogP contribution in [0.1, 0.15) is 0 Å². The summed E-state index contributed by atoms with van der Waals surface area (Å²) in [4.78, 5) is 12.7. The quantitative estimate of drug-likeness (QED) is 0.587. The average Bonchev–Trinajstić information content (AvgIpc) is 3.26. The van der Waals surface area contributed by atoms with Gasteiger partial charge in [0.1, 0.15) is 0 Å². The molecule has 126 valence electrons. The van der Waals surface area contributed by atoms with E-state index in [2.05, 4.69) is 32.4 Å². The van der Waals surface area contributed by atoms with Crippen molar-refractivity contribution in [2.75, 3.05) is 11.9 Å². The molecule has 7 heteroatoms. The van der Waals surface area contributed by atoms with Crippen LogP contribution in [0.4, 0.5) is 5.95 Å². The molecule has 3 aromatic heterocycles. The van der Waals surface area contributed by atoms with E-state index in [-0.39, 0.29) is 0 Å².